The van der Waals surface area contributed by atoms with Crippen LogP contribution in [0.2, 0.25) is 0 Å². The van der Waals surface area contributed by atoms with Crippen LogP contribution in [-0.4, -0.2) is 6.54 Å². The van der Waals surface area contributed by atoms with Crippen molar-refractivity contribution < 1.29 is 13.2 Å². The molecule has 4 heteroatoms. The van der Waals surface area contributed by atoms with E-state index in [0.29, 0.717) is 11.5 Å². The molecule has 0 heterocycles. The van der Waals surface area contributed by atoms with Crippen LogP contribution in [0.5, 0.6) is 0 Å². The van der Waals surface area contributed by atoms with Gasteiger partial charge in [0, 0.05) is 6.04 Å². The molecule has 1 aromatic rings. The first kappa shape index (κ1) is 16.0. The number of halogens is 3. The smallest absolute Gasteiger partial charge is 0.310 e. The van der Waals surface area contributed by atoms with E-state index in [4.69, 9.17) is 0 Å². The van der Waals surface area contributed by atoms with E-state index in [9.17, 15) is 13.2 Å². The SMILES string of the molecule is CCNC(c1ccc(C(F)(F)F)cc1C)C(C)CC. The summed E-state index contributed by atoms with van der Waals surface area (Å²) in [5.74, 6) is 0.385. The highest BCUT2D eigenvalue weighted by molar-refractivity contribution is 5.35. The maximum absolute atomic E-state index is 12.7. The van der Waals surface area contributed by atoms with Crippen molar-refractivity contribution in [2.45, 2.75) is 46.3 Å². The molecule has 0 saturated carbocycles. The molecule has 0 aliphatic carbocycles. The molecular formula is C15H22F3N. The van der Waals surface area contributed by atoms with E-state index in [1.54, 1.807) is 13.0 Å². The Hall–Kier alpha value is -1.03. The summed E-state index contributed by atoms with van der Waals surface area (Å²) in [6, 6.07) is 4.13. The number of alkyl halides is 3. The van der Waals surface area contributed by atoms with Crippen LogP contribution in [0, 0.1) is 12.8 Å². The normalized spacial score (nSPS) is 15.3. The zero-order valence-corrected chi connectivity index (χ0v) is 11.9. The first-order chi connectivity index (χ1) is 8.81. The zero-order chi connectivity index (χ0) is 14.6. The molecule has 0 saturated heterocycles. The Morgan fingerprint density at radius 3 is 2.26 bits per heavy atom. The van der Waals surface area contributed by atoms with Gasteiger partial charge in [-0.1, -0.05) is 33.3 Å². The molecule has 0 aromatic heterocycles. The van der Waals surface area contributed by atoms with Gasteiger partial charge in [-0.15, -0.1) is 0 Å². The summed E-state index contributed by atoms with van der Waals surface area (Å²) in [5, 5.41) is 3.37. The second-order valence-electron chi connectivity index (χ2n) is 4.99. The highest BCUT2D eigenvalue weighted by Crippen LogP contribution is 2.33. The lowest BCUT2D eigenvalue weighted by molar-refractivity contribution is -0.137. The maximum atomic E-state index is 12.7. The van der Waals surface area contributed by atoms with Gasteiger partial charge in [0.05, 0.1) is 5.56 Å². The van der Waals surface area contributed by atoms with Crippen molar-refractivity contribution in [2.75, 3.05) is 6.54 Å². The lowest BCUT2D eigenvalue weighted by Gasteiger charge is -2.26. The van der Waals surface area contributed by atoms with E-state index >= 15 is 0 Å². The molecule has 1 aromatic carbocycles. The Balaban J connectivity index is 3.12. The van der Waals surface area contributed by atoms with Crippen LogP contribution >= 0.6 is 0 Å². The number of nitrogens with one attached hydrogen (secondary N) is 1. The molecule has 0 amide bonds. The molecule has 0 aliphatic rings. The van der Waals surface area contributed by atoms with Crippen molar-refractivity contribution in [3.05, 3.63) is 34.9 Å². The quantitative estimate of drug-likeness (QED) is 0.819. The second kappa shape index (κ2) is 6.42. The molecule has 0 bridgehead atoms. The predicted octanol–water partition coefficient (Wildman–Crippen LogP) is 4.71. The molecule has 1 N–H and O–H groups in total. The monoisotopic (exact) mass is 273 g/mol. The Morgan fingerprint density at radius 2 is 1.84 bits per heavy atom. The molecule has 19 heavy (non-hydrogen) atoms. The Morgan fingerprint density at radius 1 is 1.21 bits per heavy atom. The Kier molecular flexibility index (Phi) is 5.41. The van der Waals surface area contributed by atoms with Crippen LogP contribution in [0.1, 0.15) is 49.9 Å². The van der Waals surface area contributed by atoms with Crippen LogP contribution in [0.4, 0.5) is 13.2 Å². The van der Waals surface area contributed by atoms with Crippen molar-refractivity contribution in [1.82, 2.24) is 5.32 Å². The van der Waals surface area contributed by atoms with E-state index in [1.807, 2.05) is 6.92 Å². The van der Waals surface area contributed by atoms with Crippen molar-refractivity contribution in [1.29, 1.82) is 0 Å². The van der Waals surface area contributed by atoms with Gasteiger partial charge in [0.25, 0.3) is 0 Å². The van der Waals surface area contributed by atoms with Crippen molar-refractivity contribution >= 4 is 0 Å². The summed E-state index contributed by atoms with van der Waals surface area (Å²) in [6.45, 7) is 8.76. The van der Waals surface area contributed by atoms with Gasteiger partial charge in [-0.05, 0) is 42.6 Å². The van der Waals surface area contributed by atoms with Gasteiger partial charge in [-0.3, -0.25) is 0 Å². The molecule has 1 nitrogen and oxygen atoms in total. The highest BCUT2D eigenvalue weighted by Gasteiger charge is 2.31. The van der Waals surface area contributed by atoms with Gasteiger partial charge >= 0.3 is 6.18 Å². The number of hydrogen-bond donors (Lipinski definition) is 1. The van der Waals surface area contributed by atoms with E-state index in [0.717, 1.165) is 18.5 Å². The van der Waals surface area contributed by atoms with E-state index in [2.05, 4.69) is 19.2 Å². The molecule has 108 valence electrons. The minimum atomic E-state index is -4.27. The van der Waals surface area contributed by atoms with Gasteiger partial charge in [0.1, 0.15) is 0 Å². The van der Waals surface area contributed by atoms with Crippen molar-refractivity contribution in [3.63, 3.8) is 0 Å². The van der Waals surface area contributed by atoms with Crippen LogP contribution in [0.15, 0.2) is 18.2 Å². The van der Waals surface area contributed by atoms with E-state index in [1.165, 1.54) is 12.1 Å². The fraction of sp³-hybridized carbons (Fsp3) is 0.600. The lowest BCUT2D eigenvalue weighted by Crippen LogP contribution is -2.27. The number of aryl methyl sites for hydroxylation is 1. The fourth-order valence-electron chi connectivity index (χ4n) is 2.27. The average molecular weight is 273 g/mol. The van der Waals surface area contributed by atoms with E-state index < -0.39 is 11.7 Å². The first-order valence-corrected chi connectivity index (χ1v) is 6.72. The first-order valence-electron chi connectivity index (χ1n) is 6.72. The third kappa shape index (κ3) is 3.96. The van der Waals surface area contributed by atoms with E-state index in [-0.39, 0.29) is 6.04 Å². The largest absolute Gasteiger partial charge is 0.416 e. The minimum Gasteiger partial charge on any atom is -0.310 e. The van der Waals surface area contributed by atoms with Gasteiger partial charge < -0.3 is 5.32 Å². The van der Waals surface area contributed by atoms with Crippen molar-refractivity contribution in [3.8, 4) is 0 Å². The predicted molar refractivity (Wildman–Crippen MR) is 72.1 cm³/mol. The molecule has 1 rings (SSSR count). The van der Waals surface area contributed by atoms with Gasteiger partial charge in [0.2, 0.25) is 0 Å². The van der Waals surface area contributed by atoms with Gasteiger partial charge in [-0.25, -0.2) is 0 Å². The van der Waals surface area contributed by atoms with Gasteiger partial charge in [0.15, 0.2) is 0 Å². The molecular weight excluding hydrogens is 251 g/mol. The maximum Gasteiger partial charge on any atom is 0.416 e. The van der Waals surface area contributed by atoms with Crippen LogP contribution in [0.25, 0.3) is 0 Å². The summed E-state index contributed by atoms with van der Waals surface area (Å²) < 4.78 is 38.0. The summed E-state index contributed by atoms with van der Waals surface area (Å²) in [4.78, 5) is 0. The third-order valence-corrected chi connectivity index (χ3v) is 3.57. The number of benzene rings is 1. The summed E-state index contributed by atoms with van der Waals surface area (Å²) in [5.41, 5.74) is 1.08. The Bertz CT molecular complexity index is 412. The van der Waals surface area contributed by atoms with Gasteiger partial charge in [-0.2, -0.15) is 13.2 Å². The highest BCUT2D eigenvalue weighted by atomic mass is 19.4. The topological polar surface area (TPSA) is 12.0 Å². The van der Waals surface area contributed by atoms with Crippen LogP contribution < -0.4 is 5.32 Å². The lowest BCUT2D eigenvalue weighted by atomic mass is 9.89. The summed E-state index contributed by atoms with van der Waals surface area (Å²) in [6.07, 6.45) is -3.29. The molecule has 0 fully saturated rings. The zero-order valence-electron chi connectivity index (χ0n) is 11.9. The molecule has 2 atom stereocenters. The number of rotatable bonds is 5. The molecule has 2 unspecified atom stereocenters. The molecule has 0 aliphatic heterocycles. The second-order valence-corrected chi connectivity index (χ2v) is 4.99. The third-order valence-electron chi connectivity index (χ3n) is 3.57. The van der Waals surface area contributed by atoms with Crippen molar-refractivity contribution in [2.24, 2.45) is 5.92 Å². The summed E-state index contributed by atoms with van der Waals surface area (Å²) >= 11 is 0. The molecule has 0 radical (unpaired) electrons. The van der Waals surface area contributed by atoms with Crippen LogP contribution in [-0.2, 0) is 6.18 Å². The summed E-state index contributed by atoms with van der Waals surface area (Å²) in [7, 11) is 0. The standard InChI is InChI=1S/C15H22F3N/c1-5-10(3)14(19-6-2)13-8-7-12(9-11(13)4)15(16,17)18/h7-10,14,19H,5-6H2,1-4H3. The Labute approximate surface area is 113 Å². The number of hydrogen-bond acceptors (Lipinski definition) is 1. The fourth-order valence-corrected chi connectivity index (χ4v) is 2.27. The molecule has 0 spiro atoms. The van der Waals surface area contributed by atoms with Crippen LogP contribution in [0.3, 0.4) is 0 Å². The average Bonchev–Trinajstić information content (AvgIpc) is 2.34. The minimum absolute atomic E-state index is 0.109.